The molecule has 2 atom stereocenters. The Bertz CT molecular complexity index is 607. The van der Waals surface area contributed by atoms with Gasteiger partial charge < -0.3 is 5.32 Å². The highest BCUT2D eigenvalue weighted by atomic mass is 32.2. The first-order chi connectivity index (χ1) is 10.8. The average Bonchev–Trinajstić information content (AvgIpc) is 2.78. The standard InChI is InChI=1S/C15H17F3N2OS2/c1-9(10-5-3-4-6-11(10)15(16,17)18)20-13(21)12(7-8-23-2)19-14(20)22/h3-6,9,12H,7-8H2,1-2H3,(H,19,22)/t9-,12+/m0/s1. The molecule has 1 aromatic rings. The number of hydrogen-bond donors (Lipinski definition) is 1. The van der Waals surface area contributed by atoms with Crippen LogP contribution in [0.2, 0.25) is 0 Å². The zero-order valence-corrected chi connectivity index (χ0v) is 14.3. The Balaban J connectivity index is 2.29. The van der Waals surface area contributed by atoms with Gasteiger partial charge in [-0.3, -0.25) is 9.69 Å². The van der Waals surface area contributed by atoms with E-state index in [1.807, 2.05) is 6.26 Å². The van der Waals surface area contributed by atoms with E-state index in [-0.39, 0.29) is 16.6 Å². The highest BCUT2D eigenvalue weighted by Crippen LogP contribution is 2.37. The van der Waals surface area contributed by atoms with Crippen molar-refractivity contribution in [2.24, 2.45) is 0 Å². The molecule has 0 aliphatic carbocycles. The molecule has 0 unspecified atom stereocenters. The quantitative estimate of drug-likeness (QED) is 0.811. The van der Waals surface area contributed by atoms with E-state index in [0.717, 1.165) is 11.8 Å². The third kappa shape index (κ3) is 3.80. The SMILES string of the molecule is CSCC[C@H]1NC(=S)N([C@@H](C)c2ccccc2C(F)(F)F)C1=O. The Kier molecular flexibility index (Phi) is 5.57. The Hall–Kier alpha value is -1.28. The first-order valence-corrected chi connectivity index (χ1v) is 8.86. The molecule has 0 spiro atoms. The van der Waals surface area contributed by atoms with Gasteiger partial charge in [-0.15, -0.1) is 0 Å². The van der Waals surface area contributed by atoms with Crippen molar-refractivity contribution in [1.29, 1.82) is 0 Å². The summed E-state index contributed by atoms with van der Waals surface area (Å²) in [5.41, 5.74) is -0.696. The van der Waals surface area contributed by atoms with Gasteiger partial charge in [-0.05, 0) is 49.2 Å². The Morgan fingerprint density at radius 1 is 1.39 bits per heavy atom. The number of alkyl halides is 3. The summed E-state index contributed by atoms with van der Waals surface area (Å²) in [6, 6.07) is 4.04. The molecule has 1 aliphatic rings. The molecule has 1 heterocycles. The van der Waals surface area contributed by atoms with Gasteiger partial charge in [0.1, 0.15) is 6.04 Å². The lowest BCUT2D eigenvalue weighted by molar-refractivity contribution is -0.139. The van der Waals surface area contributed by atoms with Gasteiger partial charge in [0.2, 0.25) is 0 Å². The van der Waals surface area contributed by atoms with Crippen molar-refractivity contribution < 1.29 is 18.0 Å². The minimum atomic E-state index is -4.47. The number of carbonyl (C=O) groups is 1. The van der Waals surface area contributed by atoms with E-state index in [1.54, 1.807) is 18.7 Å². The summed E-state index contributed by atoms with van der Waals surface area (Å²) in [4.78, 5) is 13.7. The number of nitrogens with one attached hydrogen (secondary N) is 1. The van der Waals surface area contributed by atoms with Crippen molar-refractivity contribution in [3.05, 3.63) is 35.4 Å². The molecule has 1 amide bonds. The van der Waals surface area contributed by atoms with E-state index in [4.69, 9.17) is 12.2 Å². The minimum absolute atomic E-state index is 0.0445. The van der Waals surface area contributed by atoms with E-state index in [0.29, 0.717) is 6.42 Å². The molecule has 0 saturated carbocycles. The van der Waals surface area contributed by atoms with Crippen LogP contribution in [-0.2, 0) is 11.0 Å². The first-order valence-electron chi connectivity index (χ1n) is 7.06. The van der Waals surface area contributed by atoms with Crippen LogP contribution in [0.1, 0.15) is 30.5 Å². The van der Waals surface area contributed by atoms with Gasteiger partial charge in [0.15, 0.2) is 5.11 Å². The molecule has 8 heteroatoms. The van der Waals surface area contributed by atoms with E-state index in [1.165, 1.54) is 23.1 Å². The number of hydrogen-bond acceptors (Lipinski definition) is 3. The van der Waals surface area contributed by atoms with Gasteiger partial charge in [-0.2, -0.15) is 24.9 Å². The molecule has 1 fully saturated rings. The summed E-state index contributed by atoms with van der Waals surface area (Å²) >= 11 is 6.76. The molecule has 0 aromatic heterocycles. The van der Waals surface area contributed by atoms with E-state index in [9.17, 15) is 18.0 Å². The first kappa shape index (κ1) is 18.1. The van der Waals surface area contributed by atoms with Gasteiger partial charge in [-0.1, -0.05) is 18.2 Å². The number of amides is 1. The second-order valence-electron chi connectivity index (χ2n) is 5.25. The van der Waals surface area contributed by atoms with Crippen LogP contribution in [0.4, 0.5) is 13.2 Å². The number of thioether (sulfide) groups is 1. The molecular formula is C15H17F3N2OS2. The van der Waals surface area contributed by atoms with Crippen LogP contribution in [-0.4, -0.2) is 34.0 Å². The zero-order chi connectivity index (χ0) is 17.2. The van der Waals surface area contributed by atoms with Crippen LogP contribution >= 0.6 is 24.0 Å². The molecule has 1 saturated heterocycles. The third-order valence-electron chi connectivity index (χ3n) is 3.77. The maximum atomic E-state index is 13.2. The summed E-state index contributed by atoms with van der Waals surface area (Å²) in [5.74, 6) is 0.501. The van der Waals surface area contributed by atoms with E-state index in [2.05, 4.69) is 5.32 Å². The van der Waals surface area contributed by atoms with Crippen molar-refractivity contribution in [2.45, 2.75) is 31.6 Å². The highest BCUT2D eigenvalue weighted by molar-refractivity contribution is 7.98. The van der Waals surface area contributed by atoms with Gasteiger partial charge in [0.25, 0.3) is 5.91 Å². The van der Waals surface area contributed by atoms with Crippen LogP contribution in [0.15, 0.2) is 24.3 Å². The van der Waals surface area contributed by atoms with Gasteiger partial charge in [0, 0.05) is 0 Å². The van der Waals surface area contributed by atoms with Crippen molar-refractivity contribution in [3.63, 3.8) is 0 Å². The predicted molar refractivity (Wildman–Crippen MR) is 89.2 cm³/mol. The number of halogens is 3. The molecule has 1 aromatic carbocycles. The topological polar surface area (TPSA) is 32.3 Å². The molecule has 126 valence electrons. The van der Waals surface area contributed by atoms with Crippen LogP contribution in [0.5, 0.6) is 0 Å². The lowest BCUT2D eigenvalue weighted by Gasteiger charge is -2.26. The second kappa shape index (κ2) is 7.09. The fraction of sp³-hybridized carbons (Fsp3) is 0.467. The summed E-state index contributed by atoms with van der Waals surface area (Å²) in [6.07, 6.45) is -1.96. The van der Waals surface area contributed by atoms with Gasteiger partial charge >= 0.3 is 6.18 Å². The molecule has 1 N–H and O–H groups in total. The summed E-state index contributed by atoms with van der Waals surface area (Å²) in [7, 11) is 0. The van der Waals surface area contributed by atoms with Crippen LogP contribution < -0.4 is 5.32 Å². The van der Waals surface area contributed by atoms with Crippen molar-refractivity contribution in [1.82, 2.24) is 10.2 Å². The summed E-state index contributed by atoms with van der Waals surface area (Å²) in [5, 5.41) is 3.10. The Morgan fingerprint density at radius 2 is 2.04 bits per heavy atom. The maximum absolute atomic E-state index is 13.2. The normalized spacial score (nSPS) is 19.9. The van der Waals surface area contributed by atoms with Crippen molar-refractivity contribution in [3.8, 4) is 0 Å². The van der Waals surface area contributed by atoms with Crippen molar-refractivity contribution >= 4 is 35.0 Å². The Morgan fingerprint density at radius 3 is 2.65 bits per heavy atom. The van der Waals surface area contributed by atoms with Gasteiger partial charge in [0.05, 0.1) is 11.6 Å². The van der Waals surface area contributed by atoms with E-state index < -0.39 is 23.8 Å². The number of carbonyl (C=O) groups excluding carboxylic acids is 1. The molecule has 0 radical (unpaired) electrons. The van der Waals surface area contributed by atoms with Gasteiger partial charge in [-0.25, -0.2) is 0 Å². The van der Waals surface area contributed by atoms with Crippen LogP contribution in [0, 0.1) is 0 Å². The minimum Gasteiger partial charge on any atom is -0.350 e. The molecule has 1 aliphatic heterocycles. The van der Waals surface area contributed by atoms with E-state index >= 15 is 0 Å². The largest absolute Gasteiger partial charge is 0.416 e. The molecule has 2 rings (SSSR count). The maximum Gasteiger partial charge on any atom is 0.416 e. The Labute approximate surface area is 142 Å². The van der Waals surface area contributed by atoms with Crippen LogP contribution in [0.25, 0.3) is 0 Å². The smallest absolute Gasteiger partial charge is 0.350 e. The molecule has 23 heavy (non-hydrogen) atoms. The lowest BCUT2D eigenvalue weighted by Crippen LogP contribution is -2.35. The monoisotopic (exact) mass is 362 g/mol. The lowest BCUT2D eigenvalue weighted by atomic mass is 10.00. The highest BCUT2D eigenvalue weighted by Gasteiger charge is 2.41. The third-order valence-corrected chi connectivity index (χ3v) is 4.72. The van der Waals surface area contributed by atoms with Crippen LogP contribution in [0.3, 0.4) is 0 Å². The number of benzene rings is 1. The number of thiocarbonyl (C=S) groups is 1. The van der Waals surface area contributed by atoms with Crippen molar-refractivity contribution in [2.75, 3.05) is 12.0 Å². The number of rotatable bonds is 5. The predicted octanol–water partition coefficient (Wildman–Crippen LogP) is 3.60. The second-order valence-corrected chi connectivity index (χ2v) is 6.63. The molecular weight excluding hydrogens is 345 g/mol. The summed E-state index contributed by atoms with van der Waals surface area (Å²) < 4.78 is 39.5. The fourth-order valence-corrected chi connectivity index (χ4v) is 3.47. The zero-order valence-electron chi connectivity index (χ0n) is 12.7. The molecule has 0 bridgehead atoms. The summed E-state index contributed by atoms with van der Waals surface area (Å²) in [6.45, 7) is 1.56. The fourth-order valence-electron chi connectivity index (χ4n) is 2.60. The number of nitrogens with zero attached hydrogens (tertiary/aromatic N) is 1. The average molecular weight is 362 g/mol. The molecule has 3 nitrogen and oxygen atoms in total.